The highest BCUT2D eigenvalue weighted by Crippen LogP contribution is 2.27. The molecule has 0 heterocycles. The van der Waals surface area contributed by atoms with E-state index in [0.29, 0.717) is 19.8 Å². The van der Waals surface area contributed by atoms with E-state index in [2.05, 4.69) is 4.99 Å². The number of nitrogens with zero attached hydrogens (tertiary/aromatic N) is 1. The standard InChI is InChI=1S/C19H36N2O4.C7H14O2.3C2H6.CH4O/c1-12(21-7)8-9-16(10-20)13(2)14(3)17(22)15(4)18(23)25-11-19(5,6)24;1-4-9-5-6(2)7(3)8;4*1-2/h13-16,24H,8-11,20H2,1-7H3;6H,4-5H2,1-3H3;3*1-2H3;2H,1H3/t13-,14-,15?,16-;;;;;/m1...../s1. The Bertz CT molecular complexity index is 647. The average Bonchev–Trinajstić information content (AvgIpc) is 3.01. The molecule has 42 heavy (non-hydrogen) atoms. The predicted molar refractivity (Wildman–Crippen MR) is 179 cm³/mol. The summed E-state index contributed by atoms with van der Waals surface area (Å²) in [6, 6.07) is 0. The molecule has 0 aliphatic rings. The van der Waals surface area contributed by atoms with E-state index < -0.39 is 17.5 Å². The van der Waals surface area contributed by atoms with Gasteiger partial charge < -0.3 is 25.4 Å². The Balaban J connectivity index is -0.000000158. The van der Waals surface area contributed by atoms with Gasteiger partial charge in [0.25, 0.3) is 0 Å². The molecule has 0 amide bonds. The quantitative estimate of drug-likeness (QED) is 0.114. The number of aliphatic imine (C=N–C) groups is 1. The molecule has 4 N–H and O–H groups in total. The Morgan fingerprint density at radius 3 is 1.71 bits per heavy atom. The normalized spacial score (nSPS) is 13.9. The summed E-state index contributed by atoms with van der Waals surface area (Å²) in [4.78, 5) is 39.4. The van der Waals surface area contributed by atoms with Crippen LogP contribution in [0.1, 0.15) is 117 Å². The first-order chi connectivity index (χ1) is 19.6. The third kappa shape index (κ3) is 31.3. The average molecular weight is 609 g/mol. The maximum Gasteiger partial charge on any atom is 0.316 e. The van der Waals surface area contributed by atoms with E-state index in [1.54, 1.807) is 34.7 Å². The minimum Gasteiger partial charge on any atom is -0.462 e. The number of aliphatic hydroxyl groups is 2. The lowest BCUT2D eigenvalue weighted by atomic mass is 9.77. The smallest absolute Gasteiger partial charge is 0.316 e. The first-order valence-corrected chi connectivity index (χ1v) is 15.7. The maximum absolute atomic E-state index is 12.6. The molecule has 2 unspecified atom stereocenters. The lowest BCUT2D eigenvalue weighted by Gasteiger charge is -2.28. The number of hydrogen-bond donors (Lipinski definition) is 3. The van der Waals surface area contributed by atoms with Gasteiger partial charge in [0, 0.05) is 38.3 Å². The molecular weight excluding hydrogens is 536 g/mol. The van der Waals surface area contributed by atoms with Gasteiger partial charge in [0.15, 0.2) is 0 Å². The van der Waals surface area contributed by atoms with Gasteiger partial charge in [0.1, 0.15) is 24.1 Å². The van der Waals surface area contributed by atoms with Crippen molar-refractivity contribution in [2.75, 3.05) is 40.5 Å². The van der Waals surface area contributed by atoms with Crippen molar-refractivity contribution >= 4 is 23.2 Å². The number of hydrogen-bond acceptors (Lipinski definition) is 9. The van der Waals surface area contributed by atoms with Crippen LogP contribution < -0.4 is 5.73 Å². The fourth-order valence-corrected chi connectivity index (χ4v) is 3.06. The summed E-state index contributed by atoms with van der Waals surface area (Å²) in [6.07, 6.45) is 1.72. The molecule has 0 aromatic rings. The maximum atomic E-state index is 12.6. The van der Waals surface area contributed by atoms with E-state index in [1.165, 1.54) is 0 Å². The number of rotatable bonds is 15. The van der Waals surface area contributed by atoms with Gasteiger partial charge in [-0.25, -0.2) is 0 Å². The third-order valence-corrected chi connectivity index (χ3v) is 6.16. The van der Waals surface area contributed by atoms with Crippen LogP contribution in [0, 0.1) is 29.6 Å². The minimum absolute atomic E-state index is 0.0601. The van der Waals surface area contributed by atoms with Crippen molar-refractivity contribution in [1.82, 2.24) is 0 Å². The summed E-state index contributed by atoms with van der Waals surface area (Å²) >= 11 is 0. The second-order valence-electron chi connectivity index (χ2n) is 9.86. The van der Waals surface area contributed by atoms with Crippen LogP contribution in [0.15, 0.2) is 4.99 Å². The molecule has 9 nitrogen and oxygen atoms in total. The van der Waals surface area contributed by atoms with Crippen molar-refractivity contribution in [1.29, 1.82) is 0 Å². The van der Waals surface area contributed by atoms with Crippen LogP contribution in [-0.2, 0) is 23.9 Å². The summed E-state index contributed by atoms with van der Waals surface area (Å²) < 4.78 is 10.1. The lowest BCUT2D eigenvalue weighted by molar-refractivity contribution is -0.157. The van der Waals surface area contributed by atoms with Crippen LogP contribution in [-0.4, -0.2) is 79.6 Å². The molecule has 0 saturated carbocycles. The lowest BCUT2D eigenvalue weighted by Crippen LogP contribution is -2.37. The first kappa shape index (κ1) is 52.9. The molecule has 0 spiro atoms. The summed E-state index contributed by atoms with van der Waals surface area (Å²) in [5, 5.41) is 16.6. The second kappa shape index (κ2) is 35.5. The van der Waals surface area contributed by atoms with Crippen LogP contribution in [0.3, 0.4) is 0 Å². The summed E-state index contributed by atoms with van der Waals surface area (Å²) in [5.41, 5.74) is 5.85. The molecule has 0 radical (unpaired) electrons. The number of Topliss-reactive ketones (excluding diaryl/α,β-unsaturated/α-hetero) is 2. The molecule has 0 saturated heterocycles. The topological polar surface area (TPSA) is 149 Å². The molecule has 5 atom stereocenters. The minimum atomic E-state index is -1.11. The van der Waals surface area contributed by atoms with Crippen molar-refractivity contribution in [2.45, 2.75) is 122 Å². The van der Waals surface area contributed by atoms with Gasteiger partial charge in [-0.1, -0.05) is 62.3 Å². The Hall–Kier alpha value is -1.68. The first-order valence-electron chi connectivity index (χ1n) is 15.7. The largest absolute Gasteiger partial charge is 0.462 e. The number of aliphatic hydroxyl groups excluding tert-OH is 1. The van der Waals surface area contributed by atoms with Crippen molar-refractivity contribution in [3.8, 4) is 0 Å². The molecule has 0 aromatic heterocycles. The van der Waals surface area contributed by atoms with E-state index in [0.717, 1.165) is 25.7 Å². The number of carbonyl (C=O) groups excluding carboxylic acids is 3. The Morgan fingerprint density at radius 1 is 0.929 bits per heavy atom. The van der Waals surface area contributed by atoms with Crippen molar-refractivity contribution in [3.63, 3.8) is 0 Å². The highest BCUT2D eigenvalue weighted by Gasteiger charge is 2.33. The fourth-order valence-electron chi connectivity index (χ4n) is 3.06. The van der Waals surface area contributed by atoms with Crippen molar-refractivity contribution in [2.24, 2.45) is 40.3 Å². The van der Waals surface area contributed by atoms with E-state index in [-0.39, 0.29) is 41.8 Å². The zero-order valence-corrected chi connectivity index (χ0v) is 30.6. The zero-order chi connectivity index (χ0) is 35.1. The molecule has 0 rings (SSSR count). The number of ketones is 2. The van der Waals surface area contributed by atoms with Gasteiger partial charge in [-0.15, -0.1) is 0 Å². The molecule has 0 aromatic carbocycles. The Labute approximate surface area is 260 Å². The zero-order valence-electron chi connectivity index (χ0n) is 30.6. The van der Waals surface area contributed by atoms with Gasteiger partial charge in [0.05, 0.1) is 12.2 Å². The van der Waals surface area contributed by atoms with Crippen molar-refractivity contribution < 1.29 is 34.1 Å². The molecule has 0 bridgehead atoms. The van der Waals surface area contributed by atoms with Gasteiger partial charge in [-0.3, -0.25) is 19.4 Å². The van der Waals surface area contributed by atoms with Gasteiger partial charge in [-0.05, 0) is 72.8 Å². The van der Waals surface area contributed by atoms with Crippen LogP contribution in [0.4, 0.5) is 0 Å². The number of carbonyl (C=O) groups is 3. The predicted octanol–water partition coefficient (Wildman–Crippen LogP) is 6.16. The summed E-state index contributed by atoms with van der Waals surface area (Å²) in [7, 11) is 2.77. The molecule has 0 aliphatic carbocycles. The van der Waals surface area contributed by atoms with Crippen molar-refractivity contribution in [3.05, 3.63) is 0 Å². The van der Waals surface area contributed by atoms with Crippen LogP contribution in [0.25, 0.3) is 0 Å². The van der Waals surface area contributed by atoms with E-state index >= 15 is 0 Å². The SMILES string of the molecule is CC.CC.CC.CCOCC(C)C(C)=O.CN=C(C)CC[C@H](CN)[C@H](C)[C@@H](C)C(=O)C(C)C(=O)OCC(C)(C)O.CO. The second-order valence-corrected chi connectivity index (χ2v) is 9.86. The Kier molecular flexibility index (Phi) is 44.8. The molecule has 256 valence electrons. The summed E-state index contributed by atoms with van der Waals surface area (Å²) in [6.45, 7) is 29.5. The summed E-state index contributed by atoms with van der Waals surface area (Å²) in [5.74, 6) is -1.37. The van der Waals surface area contributed by atoms with E-state index in [1.807, 2.05) is 76.2 Å². The molecular formula is C33H72N2O7. The highest BCUT2D eigenvalue weighted by atomic mass is 16.5. The van der Waals surface area contributed by atoms with E-state index in [4.69, 9.17) is 20.3 Å². The van der Waals surface area contributed by atoms with Gasteiger partial charge in [0.2, 0.25) is 0 Å². The number of nitrogens with two attached hydrogens (primary N) is 1. The molecule has 0 aliphatic heterocycles. The number of esters is 1. The van der Waals surface area contributed by atoms with Crippen LogP contribution in [0.5, 0.6) is 0 Å². The van der Waals surface area contributed by atoms with Crippen LogP contribution >= 0.6 is 0 Å². The molecule has 0 fully saturated rings. The van der Waals surface area contributed by atoms with E-state index in [9.17, 15) is 19.5 Å². The number of ether oxygens (including phenoxy) is 2. The highest BCUT2D eigenvalue weighted by molar-refractivity contribution is 5.99. The van der Waals surface area contributed by atoms with Gasteiger partial charge >= 0.3 is 5.97 Å². The molecule has 9 heteroatoms. The Morgan fingerprint density at radius 2 is 1.38 bits per heavy atom. The van der Waals surface area contributed by atoms with Gasteiger partial charge in [-0.2, -0.15) is 0 Å². The van der Waals surface area contributed by atoms with Crippen LogP contribution in [0.2, 0.25) is 0 Å². The monoisotopic (exact) mass is 609 g/mol. The third-order valence-electron chi connectivity index (χ3n) is 6.16. The fraction of sp³-hybridized carbons (Fsp3) is 0.879.